The molecule has 3 heteroatoms. The van der Waals surface area contributed by atoms with E-state index in [0.717, 1.165) is 6.42 Å². The molecule has 0 spiro atoms. The van der Waals surface area contributed by atoms with Crippen LogP contribution in [0.3, 0.4) is 0 Å². The average molecular weight is 173 g/mol. The largest absolute Gasteiger partial charge is 0.394 e. The molecule has 0 saturated carbocycles. The number of amides is 1. The molecule has 1 amide bonds. The van der Waals surface area contributed by atoms with Crippen molar-refractivity contribution in [3.63, 3.8) is 0 Å². The van der Waals surface area contributed by atoms with Crippen molar-refractivity contribution in [1.29, 1.82) is 0 Å². The number of carbonyl (C=O) groups is 1. The Bertz CT molecular complexity index is 145. The lowest BCUT2D eigenvalue weighted by atomic mass is 9.95. The zero-order valence-corrected chi connectivity index (χ0v) is 8.35. The first-order valence-corrected chi connectivity index (χ1v) is 4.33. The topological polar surface area (TPSA) is 49.3 Å². The van der Waals surface area contributed by atoms with Gasteiger partial charge in [-0.2, -0.15) is 0 Å². The third-order valence-electron chi connectivity index (χ3n) is 1.73. The molecule has 0 aliphatic heterocycles. The summed E-state index contributed by atoms with van der Waals surface area (Å²) in [4.78, 5) is 11.4. The summed E-state index contributed by atoms with van der Waals surface area (Å²) in [5.41, 5.74) is -0.372. The van der Waals surface area contributed by atoms with Crippen molar-refractivity contribution in [2.24, 2.45) is 5.41 Å². The van der Waals surface area contributed by atoms with Gasteiger partial charge < -0.3 is 10.4 Å². The second-order valence-corrected chi connectivity index (χ2v) is 4.01. The summed E-state index contributed by atoms with van der Waals surface area (Å²) in [5, 5.41) is 11.6. The first-order valence-electron chi connectivity index (χ1n) is 4.33. The van der Waals surface area contributed by atoms with Crippen molar-refractivity contribution < 1.29 is 9.90 Å². The Hall–Kier alpha value is -0.570. The van der Waals surface area contributed by atoms with E-state index < -0.39 is 0 Å². The molecule has 2 N–H and O–H groups in total. The van der Waals surface area contributed by atoms with E-state index in [-0.39, 0.29) is 24.0 Å². The molecule has 0 rings (SSSR count). The standard InChI is InChI=1S/C9H19NO2/c1-5-7(6-11)10-8(12)9(2,3)4/h7,11H,5-6H2,1-4H3,(H,10,12). The maximum Gasteiger partial charge on any atom is 0.225 e. The molecular formula is C9H19NO2. The van der Waals surface area contributed by atoms with Gasteiger partial charge in [0.25, 0.3) is 0 Å². The fourth-order valence-corrected chi connectivity index (χ4v) is 0.679. The zero-order valence-electron chi connectivity index (χ0n) is 8.35. The number of rotatable bonds is 3. The van der Waals surface area contributed by atoms with Gasteiger partial charge in [0.05, 0.1) is 12.6 Å². The van der Waals surface area contributed by atoms with Crippen LogP contribution in [0.5, 0.6) is 0 Å². The number of aliphatic hydroxyl groups is 1. The van der Waals surface area contributed by atoms with Crippen molar-refractivity contribution in [3.8, 4) is 0 Å². The Labute approximate surface area is 74.2 Å². The molecule has 1 unspecified atom stereocenters. The van der Waals surface area contributed by atoms with Gasteiger partial charge in [0.2, 0.25) is 5.91 Å². The lowest BCUT2D eigenvalue weighted by Gasteiger charge is -2.22. The quantitative estimate of drug-likeness (QED) is 0.666. The number of hydrogen-bond donors (Lipinski definition) is 2. The summed E-state index contributed by atoms with van der Waals surface area (Å²) in [7, 11) is 0. The lowest BCUT2D eigenvalue weighted by molar-refractivity contribution is -0.129. The monoisotopic (exact) mass is 173 g/mol. The highest BCUT2D eigenvalue weighted by molar-refractivity contribution is 5.81. The Morgan fingerprint density at radius 2 is 2.00 bits per heavy atom. The summed E-state index contributed by atoms with van der Waals surface area (Å²) in [6, 6.07) is -0.100. The molecule has 0 bridgehead atoms. The van der Waals surface area contributed by atoms with Crippen molar-refractivity contribution in [1.82, 2.24) is 5.32 Å². The molecule has 0 aromatic heterocycles. The second kappa shape index (κ2) is 4.45. The Morgan fingerprint density at radius 1 is 1.50 bits per heavy atom. The minimum absolute atomic E-state index is 0.0107. The highest BCUT2D eigenvalue weighted by atomic mass is 16.3. The van der Waals surface area contributed by atoms with Gasteiger partial charge in [-0.05, 0) is 6.42 Å². The predicted molar refractivity (Wildman–Crippen MR) is 48.8 cm³/mol. The summed E-state index contributed by atoms with van der Waals surface area (Å²) in [6.07, 6.45) is 0.762. The van der Waals surface area contributed by atoms with Crippen LogP contribution in [-0.2, 0) is 4.79 Å². The Morgan fingerprint density at radius 3 is 2.25 bits per heavy atom. The zero-order chi connectivity index (χ0) is 9.78. The van der Waals surface area contributed by atoms with E-state index in [1.54, 1.807) is 0 Å². The van der Waals surface area contributed by atoms with Gasteiger partial charge in [-0.3, -0.25) is 4.79 Å². The van der Waals surface area contributed by atoms with Crippen LogP contribution < -0.4 is 5.32 Å². The fourth-order valence-electron chi connectivity index (χ4n) is 0.679. The third kappa shape index (κ3) is 3.72. The highest BCUT2D eigenvalue weighted by Crippen LogP contribution is 2.12. The van der Waals surface area contributed by atoms with Gasteiger partial charge >= 0.3 is 0 Å². The van der Waals surface area contributed by atoms with Crippen LogP contribution in [0.1, 0.15) is 34.1 Å². The van der Waals surface area contributed by atoms with E-state index in [2.05, 4.69) is 5.32 Å². The predicted octanol–water partition coefficient (Wildman–Crippen LogP) is 0.920. The molecule has 3 nitrogen and oxygen atoms in total. The fraction of sp³-hybridized carbons (Fsp3) is 0.889. The normalized spacial score (nSPS) is 14.1. The van der Waals surface area contributed by atoms with E-state index in [4.69, 9.17) is 5.11 Å². The molecule has 0 aromatic rings. The van der Waals surface area contributed by atoms with Crippen molar-refractivity contribution >= 4 is 5.91 Å². The van der Waals surface area contributed by atoms with Crippen LogP contribution >= 0.6 is 0 Å². The number of hydrogen-bond acceptors (Lipinski definition) is 2. The third-order valence-corrected chi connectivity index (χ3v) is 1.73. The minimum atomic E-state index is -0.372. The first-order chi connectivity index (χ1) is 5.41. The molecule has 12 heavy (non-hydrogen) atoms. The summed E-state index contributed by atoms with van der Waals surface area (Å²) < 4.78 is 0. The molecule has 0 aliphatic carbocycles. The Kier molecular flexibility index (Phi) is 4.24. The molecule has 0 aliphatic rings. The van der Waals surface area contributed by atoms with Gasteiger partial charge in [-0.15, -0.1) is 0 Å². The van der Waals surface area contributed by atoms with E-state index in [9.17, 15) is 4.79 Å². The molecule has 0 fully saturated rings. The molecule has 1 atom stereocenters. The molecule has 0 aromatic carbocycles. The summed E-state index contributed by atoms with van der Waals surface area (Å²) in [5.74, 6) is -0.0107. The smallest absolute Gasteiger partial charge is 0.225 e. The van der Waals surface area contributed by atoms with E-state index in [1.165, 1.54) is 0 Å². The van der Waals surface area contributed by atoms with Gasteiger partial charge in [-0.25, -0.2) is 0 Å². The van der Waals surface area contributed by atoms with E-state index in [0.29, 0.717) is 0 Å². The van der Waals surface area contributed by atoms with Crippen LogP contribution in [0.2, 0.25) is 0 Å². The summed E-state index contributed by atoms with van der Waals surface area (Å²) >= 11 is 0. The van der Waals surface area contributed by atoms with Gasteiger partial charge in [0.15, 0.2) is 0 Å². The highest BCUT2D eigenvalue weighted by Gasteiger charge is 2.22. The van der Waals surface area contributed by atoms with Crippen molar-refractivity contribution in [3.05, 3.63) is 0 Å². The van der Waals surface area contributed by atoms with Crippen molar-refractivity contribution in [2.75, 3.05) is 6.61 Å². The molecule has 0 radical (unpaired) electrons. The van der Waals surface area contributed by atoms with Gasteiger partial charge in [-0.1, -0.05) is 27.7 Å². The molecule has 0 saturated heterocycles. The number of nitrogens with one attached hydrogen (secondary N) is 1. The SMILES string of the molecule is CCC(CO)NC(=O)C(C)(C)C. The maximum absolute atomic E-state index is 11.4. The van der Waals surface area contributed by atoms with Crippen LogP contribution in [0, 0.1) is 5.41 Å². The molecule has 72 valence electrons. The van der Waals surface area contributed by atoms with Crippen LogP contribution in [0.4, 0.5) is 0 Å². The van der Waals surface area contributed by atoms with E-state index >= 15 is 0 Å². The van der Waals surface area contributed by atoms with Crippen LogP contribution in [0.25, 0.3) is 0 Å². The van der Waals surface area contributed by atoms with Gasteiger partial charge in [0, 0.05) is 5.41 Å². The average Bonchev–Trinajstić information content (AvgIpc) is 1.97. The van der Waals surface area contributed by atoms with E-state index in [1.807, 2.05) is 27.7 Å². The number of aliphatic hydroxyl groups excluding tert-OH is 1. The van der Waals surface area contributed by atoms with Crippen molar-refractivity contribution in [2.45, 2.75) is 40.2 Å². The number of carbonyl (C=O) groups excluding carboxylic acids is 1. The van der Waals surface area contributed by atoms with Gasteiger partial charge in [0.1, 0.15) is 0 Å². The second-order valence-electron chi connectivity index (χ2n) is 4.01. The van der Waals surface area contributed by atoms with Crippen LogP contribution in [0.15, 0.2) is 0 Å². The summed E-state index contributed by atoms with van der Waals surface area (Å²) in [6.45, 7) is 7.51. The molecule has 0 heterocycles. The Balaban J connectivity index is 3.99. The maximum atomic E-state index is 11.4. The molecular weight excluding hydrogens is 154 g/mol. The first kappa shape index (κ1) is 11.4. The lowest BCUT2D eigenvalue weighted by Crippen LogP contribution is -2.43. The van der Waals surface area contributed by atoms with Crippen LogP contribution in [-0.4, -0.2) is 23.7 Å². The minimum Gasteiger partial charge on any atom is -0.394 e.